The van der Waals surface area contributed by atoms with Gasteiger partial charge in [0.25, 0.3) is 0 Å². The van der Waals surface area contributed by atoms with Gasteiger partial charge in [0, 0.05) is 13.2 Å². The third kappa shape index (κ3) is 4.12. The first-order chi connectivity index (χ1) is 8.05. The van der Waals surface area contributed by atoms with Crippen LogP contribution in [0.1, 0.15) is 17.8 Å². The monoisotopic (exact) mass is 267 g/mol. The first-order valence-electron chi connectivity index (χ1n) is 5.28. The highest BCUT2D eigenvalue weighted by Crippen LogP contribution is 2.32. The lowest BCUT2D eigenvalue weighted by atomic mass is 10.5. The van der Waals surface area contributed by atoms with Crippen molar-refractivity contribution in [2.45, 2.75) is 19.0 Å². The topological polar surface area (TPSA) is 47.0 Å². The molecule has 17 heavy (non-hydrogen) atoms. The maximum absolute atomic E-state index is 12.2. The van der Waals surface area contributed by atoms with Crippen LogP contribution in [0.2, 0.25) is 0 Å². The predicted octanol–water partition coefficient (Wildman–Crippen LogP) is 2.40. The van der Waals surface area contributed by atoms with E-state index in [0.717, 1.165) is 6.61 Å². The molecule has 1 fully saturated rings. The smallest absolute Gasteiger partial charge is 0.379 e. The van der Waals surface area contributed by atoms with Gasteiger partial charge in [0.2, 0.25) is 10.1 Å². The molecule has 0 radical (unpaired) electrons. The van der Waals surface area contributed by atoms with Crippen LogP contribution in [0, 0.1) is 5.92 Å². The summed E-state index contributed by atoms with van der Waals surface area (Å²) in [5.41, 5.74) is 0. The maximum Gasteiger partial charge on any atom is 0.445 e. The Morgan fingerprint density at radius 2 is 2.12 bits per heavy atom. The van der Waals surface area contributed by atoms with Crippen LogP contribution in [0.4, 0.5) is 18.3 Å². The first kappa shape index (κ1) is 12.6. The molecule has 1 N–H and O–H groups in total. The molecule has 8 heteroatoms. The van der Waals surface area contributed by atoms with Crippen molar-refractivity contribution in [1.82, 2.24) is 10.2 Å². The van der Waals surface area contributed by atoms with Gasteiger partial charge < -0.3 is 10.1 Å². The Kier molecular flexibility index (Phi) is 3.82. The van der Waals surface area contributed by atoms with E-state index in [1.807, 2.05) is 0 Å². The van der Waals surface area contributed by atoms with E-state index in [9.17, 15) is 13.2 Å². The fraction of sp³-hybridized carbons (Fsp3) is 0.778. The number of alkyl halides is 3. The average Bonchev–Trinajstić information content (AvgIpc) is 2.92. The molecule has 0 amide bonds. The lowest BCUT2D eigenvalue weighted by Crippen LogP contribution is -2.10. The van der Waals surface area contributed by atoms with Crippen molar-refractivity contribution in [3.8, 4) is 0 Å². The second-order valence-corrected chi connectivity index (χ2v) is 4.83. The Bertz CT molecular complexity index is 365. The molecule has 1 aromatic heterocycles. The molecule has 0 unspecified atom stereocenters. The molecule has 4 nitrogen and oxygen atoms in total. The Balaban J connectivity index is 1.66. The van der Waals surface area contributed by atoms with E-state index in [0.29, 0.717) is 30.4 Å². The number of aromatic nitrogens is 2. The predicted molar refractivity (Wildman–Crippen MR) is 56.9 cm³/mol. The van der Waals surface area contributed by atoms with Crippen molar-refractivity contribution >= 4 is 16.5 Å². The molecule has 0 aliphatic heterocycles. The maximum atomic E-state index is 12.2. The SMILES string of the molecule is FC(F)(F)c1nnc(NCCOCC2CC2)s1. The van der Waals surface area contributed by atoms with Crippen LogP contribution in [0.15, 0.2) is 0 Å². The third-order valence-corrected chi connectivity index (χ3v) is 3.17. The largest absolute Gasteiger partial charge is 0.445 e. The lowest BCUT2D eigenvalue weighted by Gasteiger charge is -2.03. The van der Waals surface area contributed by atoms with Gasteiger partial charge in [0.05, 0.1) is 6.61 Å². The van der Waals surface area contributed by atoms with Gasteiger partial charge in [0.1, 0.15) is 0 Å². The Morgan fingerprint density at radius 1 is 1.35 bits per heavy atom. The minimum atomic E-state index is -4.42. The first-order valence-corrected chi connectivity index (χ1v) is 6.09. The van der Waals surface area contributed by atoms with Crippen LogP contribution in [0.5, 0.6) is 0 Å². The summed E-state index contributed by atoms with van der Waals surface area (Å²) in [6.07, 6.45) is -1.97. The molecule has 0 bridgehead atoms. The van der Waals surface area contributed by atoms with Gasteiger partial charge in [-0.05, 0) is 18.8 Å². The van der Waals surface area contributed by atoms with Crippen molar-refractivity contribution in [3.63, 3.8) is 0 Å². The molecular weight excluding hydrogens is 255 g/mol. The van der Waals surface area contributed by atoms with Crippen molar-refractivity contribution in [1.29, 1.82) is 0 Å². The van der Waals surface area contributed by atoms with Crippen LogP contribution < -0.4 is 5.32 Å². The summed E-state index contributed by atoms with van der Waals surface area (Å²) in [5, 5.41) is 8.47. The highest BCUT2D eigenvalue weighted by molar-refractivity contribution is 7.15. The van der Waals surface area contributed by atoms with Crippen LogP contribution in [0.25, 0.3) is 0 Å². The number of nitrogens with zero attached hydrogens (tertiary/aromatic N) is 2. The molecule has 0 spiro atoms. The fourth-order valence-electron chi connectivity index (χ4n) is 1.17. The number of hydrogen-bond acceptors (Lipinski definition) is 5. The third-order valence-electron chi connectivity index (χ3n) is 2.24. The zero-order chi connectivity index (χ0) is 12.3. The minimum Gasteiger partial charge on any atom is -0.379 e. The van der Waals surface area contributed by atoms with E-state index >= 15 is 0 Å². The van der Waals surface area contributed by atoms with Gasteiger partial charge in [-0.15, -0.1) is 10.2 Å². The quantitative estimate of drug-likeness (QED) is 0.804. The molecule has 1 aliphatic carbocycles. The van der Waals surface area contributed by atoms with Gasteiger partial charge >= 0.3 is 6.18 Å². The van der Waals surface area contributed by atoms with E-state index < -0.39 is 11.2 Å². The van der Waals surface area contributed by atoms with Gasteiger partial charge in [-0.1, -0.05) is 11.3 Å². The molecular formula is C9H12F3N3OS. The second kappa shape index (κ2) is 5.18. The summed E-state index contributed by atoms with van der Waals surface area (Å²) in [4.78, 5) is 0. The van der Waals surface area contributed by atoms with Crippen molar-refractivity contribution in [3.05, 3.63) is 5.01 Å². The summed E-state index contributed by atoms with van der Waals surface area (Å²) in [7, 11) is 0. The van der Waals surface area contributed by atoms with Gasteiger partial charge in [0.15, 0.2) is 0 Å². The summed E-state index contributed by atoms with van der Waals surface area (Å²) >= 11 is 0.503. The normalized spacial score (nSPS) is 16.2. The molecule has 0 atom stereocenters. The number of ether oxygens (including phenoxy) is 1. The molecule has 1 aromatic rings. The minimum absolute atomic E-state index is 0.173. The van der Waals surface area contributed by atoms with E-state index in [1.165, 1.54) is 12.8 Å². The van der Waals surface area contributed by atoms with Crippen LogP contribution >= 0.6 is 11.3 Å². The zero-order valence-corrected chi connectivity index (χ0v) is 9.77. The Labute approximate surface area is 100 Å². The van der Waals surface area contributed by atoms with Crippen molar-refractivity contribution < 1.29 is 17.9 Å². The molecule has 0 saturated heterocycles. The highest BCUT2D eigenvalue weighted by Gasteiger charge is 2.35. The van der Waals surface area contributed by atoms with Crippen LogP contribution in [0.3, 0.4) is 0 Å². The molecule has 1 saturated carbocycles. The average molecular weight is 267 g/mol. The van der Waals surface area contributed by atoms with E-state index in [2.05, 4.69) is 15.5 Å². The number of rotatable bonds is 6. The Morgan fingerprint density at radius 3 is 2.71 bits per heavy atom. The summed E-state index contributed by atoms with van der Waals surface area (Å²) < 4.78 is 41.9. The molecule has 0 aromatic carbocycles. The highest BCUT2D eigenvalue weighted by atomic mass is 32.1. The van der Waals surface area contributed by atoms with Gasteiger partial charge in [-0.3, -0.25) is 0 Å². The molecule has 1 aliphatic rings. The summed E-state index contributed by atoms with van der Waals surface area (Å²) in [5.74, 6) is 0.688. The molecule has 2 rings (SSSR count). The summed E-state index contributed by atoms with van der Waals surface area (Å²) in [6, 6.07) is 0. The fourth-order valence-corrected chi connectivity index (χ4v) is 1.81. The number of nitrogens with one attached hydrogen (secondary N) is 1. The lowest BCUT2D eigenvalue weighted by molar-refractivity contribution is -0.138. The van der Waals surface area contributed by atoms with E-state index in [4.69, 9.17) is 4.74 Å². The van der Waals surface area contributed by atoms with Crippen molar-refractivity contribution in [2.24, 2.45) is 5.92 Å². The number of halogens is 3. The standard InChI is InChI=1S/C9H12F3N3OS/c10-9(11,12)7-14-15-8(17-7)13-3-4-16-5-6-1-2-6/h6H,1-5H2,(H,13,15). The van der Waals surface area contributed by atoms with Gasteiger partial charge in [-0.2, -0.15) is 13.2 Å². The van der Waals surface area contributed by atoms with Gasteiger partial charge in [-0.25, -0.2) is 0 Å². The van der Waals surface area contributed by atoms with Crippen molar-refractivity contribution in [2.75, 3.05) is 25.1 Å². The van der Waals surface area contributed by atoms with E-state index in [1.54, 1.807) is 0 Å². The van der Waals surface area contributed by atoms with E-state index in [-0.39, 0.29) is 5.13 Å². The molecule has 96 valence electrons. The van der Waals surface area contributed by atoms with Crippen LogP contribution in [-0.4, -0.2) is 30.0 Å². The Hall–Kier alpha value is -0.890. The molecule has 1 heterocycles. The van der Waals surface area contributed by atoms with Crippen LogP contribution in [-0.2, 0) is 10.9 Å². The second-order valence-electron chi connectivity index (χ2n) is 3.86. The number of anilines is 1. The zero-order valence-electron chi connectivity index (χ0n) is 8.96. The number of hydrogen-bond donors (Lipinski definition) is 1. The summed E-state index contributed by atoms with van der Waals surface area (Å²) in [6.45, 7) is 1.66.